The summed E-state index contributed by atoms with van der Waals surface area (Å²) in [4.78, 5) is 30.3. The molecule has 1 saturated carbocycles. The van der Waals surface area contributed by atoms with Gasteiger partial charge in [-0.2, -0.15) is 0 Å². The number of aryl methyl sites for hydroxylation is 2. The van der Waals surface area contributed by atoms with Gasteiger partial charge in [-0.1, -0.05) is 90.1 Å². The van der Waals surface area contributed by atoms with Crippen molar-refractivity contribution in [1.29, 1.82) is 0 Å². The van der Waals surface area contributed by atoms with Crippen molar-refractivity contribution in [2.75, 3.05) is 10.8 Å². The van der Waals surface area contributed by atoms with E-state index in [9.17, 15) is 18.0 Å². The van der Waals surface area contributed by atoms with Crippen LogP contribution in [0.25, 0.3) is 0 Å². The Labute approximate surface area is 297 Å². The summed E-state index contributed by atoms with van der Waals surface area (Å²) >= 11 is 18.9. The molecule has 0 saturated heterocycles. The second-order valence-electron chi connectivity index (χ2n) is 12.2. The number of nitrogens with one attached hydrogen (secondary N) is 1. The molecule has 1 unspecified atom stereocenters. The zero-order valence-corrected chi connectivity index (χ0v) is 29.9. The van der Waals surface area contributed by atoms with Crippen molar-refractivity contribution in [3.63, 3.8) is 0 Å². The molecule has 1 N–H and O–H groups in total. The number of carbonyl (C=O) groups is 2. The number of sulfonamides is 1. The minimum absolute atomic E-state index is 0.00385. The van der Waals surface area contributed by atoms with Crippen LogP contribution in [0, 0.1) is 13.8 Å². The molecular formula is C37H38Cl3N3O4S. The van der Waals surface area contributed by atoms with E-state index in [4.69, 9.17) is 34.8 Å². The Morgan fingerprint density at radius 2 is 1.50 bits per heavy atom. The molecule has 1 aliphatic carbocycles. The molecule has 252 valence electrons. The molecule has 11 heteroatoms. The number of nitrogens with zero attached hydrogens (tertiary/aromatic N) is 2. The van der Waals surface area contributed by atoms with Gasteiger partial charge in [0.15, 0.2) is 0 Å². The third-order valence-corrected chi connectivity index (χ3v) is 11.4. The maximum absolute atomic E-state index is 14.7. The van der Waals surface area contributed by atoms with Crippen molar-refractivity contribution >= 4 is 62.3 Å². The monoisotopic (exact) mass is 725 g/mol. The quantitative estimate of drug-likeness (QED) is 0.160. The molecule has 2 amide bonds. The minimum Gasteiger partial charge on any atom is -0.352 e. The first-order valence-corrected chi connectivity index (χ1v) is 18.4. The largest absolute Gasteiger partial charge is 0.352 e. The molecule has 1 fully saturated rings. The van der Waals surface area contributed by atoms with Crippen LogP contribution in [0.1, 0.15) is 47.9 Å². The third-order valence-electron chi connectivity index (χ3n) is 8.79. The van der Waals surface area contributed by atoms with E-state index in [1.807, 2.05) is 50.2 Å². The van der Waals surface area contributed by atoms with Crippen LogP contribution in [0.2, 0.25) is 15.1 Å². The Kier molecular flexibility index (Phi) is 11.7. The van der Waals surface area contributed by atoms with E-state index in [-0.39, 0.29) is 29.8 Å². The first-order valence-electron chi connectivity index (χ1n) is 15.9. The number of hydrogen-bond donors (Lipinski definition) is 1. The van der Waals surface area contributed by atoms with Gasteiger partial charge in [-0.05, 0) is 97.5 Å². The predicted octanol–water partition coefficient (Wildman–Crippen LogP) is 8.16. The summed E-state index contributed by atoms with van der Waals surface area (Å²) in [7, 11) is -4.26. The highest BCUT2D eigenvalue weighted by atomic mass is 35.5. The molecule has 0 aromatic heterocycles. The Balaban J connectivity index is 1.59. The number of halogens is 3. The molecule has 4 aromatic rings. The van der Waals surface area contributed by atoms with Crippen molar-refractivity contribution in [2.24, 2.45) is 0 Å². The van der Waals surface area contributed by atoms with Crippen LogP contribution >= 0.6 is 34.8 Å². The fourth-order valence-corrected chi connectivity index (χ4v) is 7.90. The maximum Gasteiger partial charge on any atom is 0.264 e. The van der Waals surface area contributed by atoms with Gasteiger partial charge < -0.3 is 10.2 Å². The van der Waals surface area contributed by atoms with Gasteiger partial charge in [-0.15, -0.1) is 0 Å². The minimum atomic E-state index is -4.26. The van der Waals surface area contributed by atoms with E-state index in [0.29, 0.717) is 26.3 Å². The van der Waals surface area contributed by atoms with E-state index >= 15 is 0 Å². The zero-order chi connectivity index (χ0) is 34.4. The van der Waals surface area contributed by atoms with Crippen molar-refractivity contribution in [3.05, 3.63) is 128 Å². The van der Waals surface area contributed by atoms with E-state index in [1.54, 1.807) is 30.3 Å². The molecule has 1 aliphatic rings. The zero-order valence-electron chi connectivity index (χ0n) is 26.8. The second kappa shape index (κ2) is 15.8. The maximum atomic E-state index is 14.7. The number of amides is 2. The molecule has 0 spiro atoms. The second-order valence-corrected chi connectivity index (χ2v) is 15.3. The van der Waals surface area contributed by atoms with Gasteiger partial charge in [0, 0.05) is 34.1 Å². The lowest BCUT2D eigenvalue weighted by Crippen LogP contribution is -2.54. The Morgan fingerprint density at radius 1 is 0.833 bits per heavy atom. The highest BCUT2D eigenvalue weighted by Gasteiger charge is 2.36. The first kappa shape index (κ1) is 35.7. The average Bonchev–Trinajstić information content (AvgIpc) is 3.57. The van der Waals surface area contributed by atoms with Crippen LogP contribution in [0.5, 0.6) is 0 Å². The van der Waals surface area contributed by atoms with E-state index in [0.717, 1.165) is 46.7 Å². The number of hydrogen-bond acceptors (Lipinski definition) is 4. The van der Waals surface area contributed by atoms with Crippen molar-refractivity contribution in [2.45, 2.75) is 69.5 Å². The molecule has 0 radical (unpaired) electrons. The molecule has 48 heavy (non-hydrogen) atoms. The third kappa shape index (κ3) is 8.72. The number of anilines is 1. The van der Waals surface area contributed by atoms with Crippen LogP contribution < -0.4 is 9.62 Å². The summed E-state index contributed by atoms with van der Waals surface area (Å²) in [5, 5.41) is 4.31. The Hall–Kier alpha value is -3.56. The SMILES string of the molecule is Cc1ccc(N(CC(=O)N(Cc2ccc(Cl)cc2Cl)C(Cc2ccccc2)C(=O)NC2CCCC2)S(=O)(=O)c2ccc(Cl)cc2)cc1C. The van der Waals surface area contributed by atoms with Gasteiger partial charge in [0.25, 0.3) is 10.0 Å². The fourth-order valence-electron chi connectivity index (χ4n) is 5.90. The Bertz CT molecular complexity index is 1860. The van der Waals surface area contributed by atoms with Crippen molar-refractivity contribution in [3.8, 4) is 0 Å². The van der Waals surface area contributed by atoms with Crippen LogP contribution in [-0.2, 0) is 32.6 Å². The van der Waals surface area contributed by atoms with Gasteiger partial charge in [0.1, 0.15) is 12.6 Å². The topological polar surface area (TPSA) is 86.8 Å². The van der Waals surface area contributed by atoms with Crippen LogP contribution in [-0.4, -0.2) is 43.8 Å². The van der Waals surface area contributed by atoms with Gasteiger partial charge in [-0.25, -0.2) is 8.42 Å². The highest BCUT2D eigenvalue weighted by molar-refractivity contribution is 7.92. The molecule has 0 aliphatic heterocycles. The molecule has 4 aromatic carbocycles. The molecular weight excluding hydrogens is 689 g/mol. The Morgan fingerprint density at radius 3 is 2.15 bits per heavy atom. The molecule has 0 heterocycles. The number of carbonyl (C=O) groups excluding carboxylic acids is 2. The average molecular weight is 727 g/mol. The molecule has 0 bridgehead atoms. The summed E-state index contributed by atoms with van der Waals surface area (Å²) < 4.78 is 29.6. The highest BCUT2D eigenvalue weighted by Crippen LogP contribution is 2.29. The van der Waals surface area contributed by atoms with E-state index in [1.165, 1.54) is 29.2 Å². The summed E-state index contributed by atoms with van der Waals surface area (Å²) in [5.41, 5.74) is 3.57. The molecule has 7 nitrogen and oxygen atoms in total. The van der Waals surface area contributed by atoms with Gasteiger partial charge in [-0.3, -0.25) is 13.9 Å². The van der Waals surface area contributed by atoms with Gasteiger partial charge in [0.05, 0.1) is 10.6 Å². The van der Waals surface area contributed by atoms with Crippen molar-refractivity contribution < 1.29 is 18.0 Å². The van der Waals surface area contributed by atoms with Crippen LogP contribution in [0.4, 0.5) is 5.69 Å². The smallest absolute Gasteiger partial charge is 0.264 e. The van der Waals surface area contributed by atoms with Crippen molar-refractivity contribution in [1.82, 2.24) is 10.2 Å². The van der Waals surface area contributed by atoms with Crippen LogP contribution in [0.15, 0.2) is 95.9 Å². The van der Waals surface area contributed by atoms with Gasteiger partial charge >= 0.3 is 0 Å². The number of benzene rings is 4. The summed E-state index contributed by atoms with van der Waals surface area (Å²) in [6.07, 6.45) is 3.97. The molecule has 5 rings (SSSR count). The van der Waals surface area contributed by atoms with E-state index < -0.39 is 28.5 Å². The lowest BCUT2D eigenvalue weighted by atomic mass is 10.0. The normalized spacial score (nSPS) is 14.0. The molecule has 1 atom stereocenters. The number of rotatable bonds is 12. The van der Waals surface area contributed by atoms with Gasteiger partial charge in [0.2, 0.25) is 11.8 Å². The summed E-state index contributed by atoms with van der Waals surface area (Å²) in [5.74, 6) is -0.873. The summed E-state index contributed by atoms with van der Waals surface area (Å²) in [6, 6.07) is 24.5. The van der Waals surface area contributed by atoms with E-state index in [2.05, 4.69) is 5.32 Å². The fraction of sp³-hybridized carbons (Fsp3) is 0.297. The standard InChI is InChI=1S/C37H38Cl3N3O4S/c1-25-12-17-32(20-26(25)2)43(48(46,47)33-18-15-29(38)16-19-33)24-36(44)42(23-28-13-14-30(39)22-34(28)40)35(21-27-8-4-3-5-9-27)37(45)41-31-10-6-7-11-31/h3-5,8-9,12-20,22,31,35H,6-7,10-11,21,23-24H2,1-2H3,(H,41,45). The first-order chi connectivity index (χ1) is 22.9. The lowest BCUT2D eigenvalue weighted by Gasteiger charge is -2.34. The summed E-state index contributed by atoms with van der Waals surface area (Å²) in [6.45, 7) is 3.19. The van der Waals surface area contributed by atoms with Crippen LogP contribution in [0.3, 0.4) is 0 Å². The lowest BCUT2D eigenvalue weighted by molar-refractivity contribution is -0.140. The predicted molar refractivity (Wildman–Crippen MR) is 193 cm³/mol.